The number of nitrogens with one attached hydrogen (secondary N) is 4. The van der Waals surface area contributed by atoms with Crippen molar-refractivity contribution in [3.8, 4) is 0 Å². The van der Waals surface area contributed by atoms with Gasteiger partial charge in [0.15, 0.2) is 0 Å². The summed E-state index contributed by atoms with van der Waals surface area (Å²) < 4.78 is 27.5. The molecule has 2 heterocycles. The number of hydrogen-bond acceptors (Lipinski definition) is 4. The molecule has 1 aliphatic heterocycles. The molecule has 180 valence electrons. The molecule has 1 aliphatic rings. The summed E-state index contributed by atoms with van der Waals surface area (Å²) >= 11 is 0. The lowest BCUT2D eigenvalue weighted by molar-refractivity contribution is -0.125. The Labute approximate surface area is 191 Å². The maximum atomic E-state index is 14.0. The molecule has 0 unspecified atom stereocenters. The highest BCUT2D eigenvalue weighted by Crippen LogP contribution is 2.21. The lowest BCUT2D eigenvalue weighted by Gasteiger charge is -2.27. The Balaban J connectivity index is 1.74. The van der Waals surface area contributed by atoms with Gasteiger partial charge in [0.25, 0.3) is 5.91 Å². The first kappa shape index (κ1) is 24.8. The van der Waals surface area contributed by atoms with Crippen molar-refractivity contribution in [3.05, 3.63) is 35.5 Å². The van der Waals surface area contributed by atoms with E-state index in [2.05, 4.69) is 20.9 Å². The Morgan fingerprint density at radius 3 is 2.55 bits per heavy atom. The largest absolute Gasteiger partial charge is 0.394 e. The Kier molecular flexibility index (Phi) is 7.53. The zero-order valence-electron chi connectivity index (χ0n) is 18.9. The number of H-pyrrole nitrogens is 1. The quantitative estimate of drug-likeness (QED) is 0.352. The van der Waals surface area contributed by atoms with Crippen LogP contribution in [0, 0.1) is 17.6 Å². The van der Waals surface area contributed by atoms with Gasteiger partial charge in [-0.25, -0.2) is 8.78 Å². The van der Waals surface area contributed by atoms with Gasteiger partial charge in [0, 0.05) is 32.0 Å². The van der Waals surface area contributed by atoms with Gasteiger partial charge < -0.3 is 26.0 Å². The molecule has 0 saturated carbocycles. The third-order valence-electron chi connectivity index (χ3n) is 5.63. The van der Waals surface area contributed by atoms with Gasteiger partial charge in [0.1, 0.15) is 23.4 Å². The normalized spacial score (nSPS) is 18.1. The van der Waals surface area contributed by atoms with Gasteiger partial charge in [0.05, 0.1) is 18.2 Å². The highest BCUT2D eigenvalue weighted by atomic mass is 28.3. The third-order valence-corrected chi connectivity index (χ3v) is 7.26. The van der Waals surface area contributed by atoms with Crippen molar-refractivity contribution in [2.75, 3.05) is 13.2 Å². The number of fused-ring (bicyclic) bond motifs is 1. The molecule has 5 N–H and O–H groups in total. The molecule has 0 bridgehead atoms. The smallest absolute Gasteiger partial charge is 0.268 e. The van der Waals surface area contributed by atoms with Crippen LogP contribution in [0.3, 0.4) is 0 Å². The molecule has 0 radical (unpaired) electrons. The van der Waals surface area contributed by atoms with Crippen LogP contribution in [0.1, 0.15) is 23.3 Å². The zero-order chi connectivity index (χ0) is 24.3. The van der Waals surface area contributed by atoms with E-state index in [4.69, 9.17) is 0 Å². The third kappa shape index (κ3) is 6.38. The SMILES string of the molecule is C[Si](C)(C)C[C@H](NC(=O)c1cc2cc(F)cc(F)c2[nH]1)C(=O)N[C@H](CO)C[C@@H]1CCNC1=O. The average molecular weight is 481 g/mol. The second kappa shape index (κ2) is 10.00. The molecule has 8 nitrogen and oxygen atoms in total. The summed E-state index contributed by atoms with van der Waals surface area (Å²) in [4.78, 5) is 40.4. The first-order chi connectivity index (χ1) is 15.5. The molecule has 33 heavy (non-hydrogen) atoms. The van der Waals surface area contributed by atoms with E-state index >= 15 is 0 Å². The summed E-state index contributed by atoms with van der Waals surface area (Å²) in [6.07, 6.45) is 0.937. The van der Waals surface area contributed by atoms with Crippen LogP contribution < -0.4 is 16.0 Å². The minimum absolute atomic E-state index is 0.00272. The number of halogens is 2. The molecule has 3 atom stereocenters. The van der Waals surface area contributed by atoms with E-state index in [1.807, 2.05) is 19.6 Å². The predicted molar refractivity (Wildman–Crippen MR) is 122 cm³/mol. The predicted octanol–water partition coefficient (Wildman–Crippen LogP) is 1.89. The van der Waals surface area contributed by atoms with Crippen LogP contribution in [0.25, 0.3) is 10.9 Å². The Morgan fingerprint density at radius 1 is 1.21 bits per heavy atom. The fourth-order valence-electron chi connectivity index (χ4n) is 4.04. The minimum atomic E-state index is -1.83. The second-order valence-electron chi connectivity index (χ2n) is 9.73. The van der Waals surface area contributed by atoms with Gasteiger partial charge in [-0.1, -0.05) is 19.6 Å². The number of amides is 3. The molecule has 11 heteroatoms. The molecule has 2 aromatic rings. The van der Waals surface area contributed by atoms with E-state index in [-0.39, 0.29) is 35.0 Å². The van der Waals surface area contributed by atoms with Gasteiger partial charge in [0.2, 0.25) is 11.8 Å². The number of carbonyl (C=O) groups excluding carboxylic acids is 3. The maximum absolute atomic E-state index is 14.0. The van der Waals surface area contributed by atoms with Crippen molar-refractivity contribution in [1.29, 1.82) is 0 Å². The van der Waals surface area contributed by atoms with E-state index in [9.17, 15) is 28.3 Å². The number of rotatable bonds is 9. The van der Waals surface area contributed by atoms with Crippen molar-refractivity contribution in [3.63, 3.8) is 0 Å². The van der Waals surface area contributed by atoms with Crippen LogP contribution in [0.2, 0.25) is 25.7 Å². The fourth-order valence-corrected chi connectivity index (χ4v) is 5.55. The van der Waals surface area contributed by atoms with Crippen molar-refractivity contribution < 1.29 is 28.3 Å². The molecule has 1 fully saturated rings. The summed E-state index contributed by atoms with van der Waals surface area (Å²) in [5, 5.41) is 18.1. The van der Waals surface area contributed by atoms with Crippen LogP contribution >= 0.6 is 0 Å². The number of hydrogen-bond donors (Lipinski definition) is 5. The summed E-state index contributed by atoms with van der Waals surface area (Å²) in [5.74, 6) is -3.04. The topological polar surface area (TPSA) is 123 Å². The fraction of sp³-hybridized carbons (Fsp3) is 0.500. The van der Waals surface area contributed by atoms with Gasteiger partial charge in [-0.15, -0.1) is 0 Å². The lowest BCUT2D eigenvalue weighted by Crippen LogP contribution is -2.53. The van der Waals surface area contributed by atoms with Crippen LogP contribution in [0.5, 0.6) is 0 Å². The molecule has 3 amide bonds. The van der Waals surface area contributed by atoms with E-state index in [1.54, 1.807) is 0 Å². The molecule has 1 aromatic heterocycles. The molecular formula is C22H30F2N4O4Si. The molecule has 1 aromatic carbocycles. The summed E-state index contributed by atoms with van der Waals surface area (Å²) in [5.41, 5.74) is 0.00661. The summed E-state index contributed by atoms with van der Waals surface area (Å²) in [6, 6.07) is 2.08. The van der Waals surface area contributed by atoms with Gasteiger partial charge >= 0.3 is 0 Å². The Morgan fingerprint density at radius 2 is 1.94 bits per heavy atom. The highest BCUT2D eigenvalue weighted by Gasteiger charge is 2.32. The van der Waals surface area contributed by atoms with Crippen molar-refractivity contribution in [2.24, 2.45) is 5.92 Å². The second-order valence-corrected chi connectivity index (χ2v) is 15.3. The highest BCUT2D eigenvalue weighted by molar-refractivity contribution is 6.76. The number of benzene rings is 1. The average Bonchev–Trinajstić information content (AvgIpc) is 3.32. The standard InChI is InChI=1S/C22H30F2N4O4Si/c1-33(2,3)11-18(22(32)26-15(10-29)7-12-4-5-25-20(12)30)28-21(31)17-8-13-6-14(23)9-16(24)19(13)27-17/h6,8-9,12,15,18,27,29H,4-5,7,10-11H2,1-3H3,(H,25,30)(H,26,32)(H,28,31)/t12-,15-,18-/m0/s1. The zero-order valence-corrected chi connectivity index (χ0v) is 19.9. The van der Waals surface area contributed by atoms with Gasteiger partial charge in [-0.3, -0.25) is 14.4 Å². The van der Waals surface area contributed by atoms with Crippen LogP contribution in [-0.4, -0.2) is 61.1 Å². The van der Waals surface area contributed by atoms with E-state index in [0.717, 1.165) is 12.1 Å². The van der Waals surface area contributed by atoms with E-state index < -0.39 is 43.6 Å². The lowest BCUT2D eigenvalue weighted by atomic mass is 9.98. The monoisotopic (exact) mass is 480 g/mol. The first-order valence-electron chi connectivity index (χ1n) is 10.9. The van der Waals surface area contributed by atoms with Crippen molar-refractivity contribution >= 4 is 36.7 Å². The van der Waals surface area contributed by atoms with E-state index in [1.165, 1.54) is 6.07 Å². The first-order valence-corrected chi connectivity index (χ1v) is 14.6. The van der Waals surface area contributed by atoms with Gasteiger partial charge in [-0.2, -0.15) is 0 Å². The molecule has 0 spiro atoms. The van der Waals surface area contributed by atoms with E-state index in [0.29, 0.717) is 25.4 Å². The molecule has 0 aliphatic carbocycles. The number of aliphatic hydroxyl groups is 1. The van der Waals surface area contributed by atoms with Crippen LogP contribution in [0.15, 0.2) is 18.2 Å². The Hall–Kier alpha value is -2.79. The maximum Gasteiger partial charge on any atom is 0.268 e. The number of carbonyl (C=O) groups is 3. The minimum Gasteiger partial charge on any atom is -0.394 e. The Bertz CT molecular complexity index is 1050. The molecule has 3 rings (SSSR count). The number of aromatic amines is 1. The van der Waals surface area contributed by atoms with Crippen LogP contribution in [-0.2, 0) is 9.59 Å². The number of aromatic nitrogens is 1. The molecule has 1 saturated heterocycles. The van der Waals surface area contributed by atoms with Crippen molar-refractivity contribution in [1.82, 2.24) is 20.9 Å². The van der Waals surface area contributed by atoms with Crippen LogP contribution in [0.4, 0.5) is 8.78 Å². The summed E-state index contributed by atoms with van der Waals surface area (Å²) in [6.45, 7) is 6.38. The van der Waals surface area contributed by atoms with Crippen molar-refractivity contribution in [2.45, 2.75) is 50.6 Å². The number of aliphatic hydroxyl groups excluding tert-OH is 1. The summed E-state index contributed by atoms with van der Waals surface area (Å²) in [7, 11) is -1.83. The van der Waals surface area contributed by atoms with Gasteiger partial charge in [-0.05, 0) is 31.0 Å². The molecular weight excluding hydrogens is 450 g/mol.